The Morgan fingerprint density at radius 2 is 2.31 bits per heavy atom. The van der Waals surface area contributed by atoms with Crippen LogP contribution in [0.4, 0.5) is 11.5 Å². The number of rotatable bonds is 3. The third-order valence-corrected chi connectivity index (χ3v) is 1.81. The molecule has 0 aliphatic carbocycles. The van der Waals surface area contributed by atoms with E-state index in [1.54, 1.807) is 0 Å². The minimum atomic E-state index is -0.539. The summed E-state index contributed by atoms with van der Waals surface area (Å²) in [6.07, 6.45) is 2.68. The zero-order chi connectivity index (χ0) is 11.5. The fourth-order valence-electron chi connectivity index (χ4n) is 1.13. The minimum Gasteiger partial charge on any atom is -0.308 e. The highest BCUT2D eigenvalue weighted by Gasteiger charge is 2.12. The van der Waals surface area contributed by atoms with Crippen LogP contribution in [-0.2, 0) is 0 Å². The second-order valence-electron chi connectivity index (χ2n) is 2.81. The average Bonchev–Trinajstić information content (AvgIpc) is 2.81. The molecule has 0 spiro atoms. The normalized spacial score (nSPS) is 10.1. The molecule has 0 saturated carbocycles. The van der Waals surface area contributed by atoms with Gasteiger partial charge < -0.3 is 5.43 Å². The largest absolute Gasteiger partial charge is 0.308 e. The smallest absolute Gasteiger partial charge is 0.276 e. The molecule has 3 N–H and O–H groups in total. The highest BCUT2D eigenvalue weighted by Crippen LogP contribution is 2.18. The van der Waals surface area contributed by atoms with Crippen LogP contribution in [0.15, 0.2) is 24.8 Å². The van der Waals surface area contributed by atoms with Crippen molar-refractivity contribution in [3.05, 3.63) is 34.9 Å². The molecule has 0 saturated heterocycles. The Bertz CT molecular complexity index is 509. The van der Waals surface area contributed by atoms with E-state index in [0.717, 1.165) is 0 Å². The van der Waals surface area contributed by atoms with Crippen LogP contribution in [0, 0.1) is 10.1 Å². The lowest BCUT2D eigenvalue weighted by Gasteiger charge is -2.03. The number of aromatic nitrogens is 4. The number of nitrogen functional groups attached to an aromatic ring is 1. The van der Waals surface area contributed by atoms with E-state index in [-0.39, 0.29) is 17.3 Å². The maximum absolute atomic E-state index is 10.7. The number of nitro groups is 1. The molecule has 9 heteroatoms. The highest BCUT2D eigenvalue weighted by molar-refractivity contribution is 5.49. The summed E-state index contributed by atoms with van der Waals surface area (Å²) < 4.78 is 1.30. The van der Waals surface area contributed by atoms with E-state index < -0.39 is 4.92 Å². The fourth-order valence-corrected chi connectivity index (χ4v) is 1.13. The lowest BCUT2D eigenvalue weighted by molar-refractivity contribution is -0.384. The third kappa shape index (κ3) is 1.79. The molecule has 0 bridgehead atoms. The molecule has 16 heavy (non-hydrogen) atoms. The topological polar surface area (TPSA) is 125 Å². The van der Waals surface area contributed by atoms with Crippen molar-refractivity contribution in [2.45, 2.75) is 0 Å². The zero-order valence-electron chi connectivity index (χ0n) is 7.94. The summed E-state index contributed by atoms with van der Waals surface area (Å²) in [6.45, 7) is 0. The first-order chi connectivity index (χ1) is 7.70. The summed E-state index contributed by atoms with van der Waals surface area (Å²) in [4.78, 5) is 17.8. The van der Waals surface area contributed by atoms with Crippen LogP contribution in [0.25, 0.3) is 5.82 Å². The Kier molecular flexibility index (Phi) is 2.44. The van der Waals surface area contributed by atoms with E-state index in [9.17, 15) is 10.1 Å². The number of pyridine rings is 1. The van der Waals surface area contributed by atoms with E-state index in [1.807, 2.05) is 0 Å². The van der Waals surface area contributed by atoms with E-state index in [4.69, 9.17) is 5.84 Å². The Morgan fingerprint density at radius 3 is 2.88 bits per heavy atom. The van der Waals surface area contributed by atoms with E-state index >= 15 is 0 Å². The Hall–Kier alpha value is -2.55. The molecule has 0 fully saturated rings. The standard InChI is InChI=1S/C7H7N7O2/c8-12-6-1-5(14(15)16)2-7(11-6)13-4-9-3-10-13/h1-4H,8H2,(H,11,12). The summed E-state index contributed by atoms with van der Waals surface area (Å²) in [5, 5.41) is 14.5. The zero-order valence-corrected chi connectivity index (χ0v) is 7.94. The Labute approximate surface area is 89.0 Å². The number of hydrogen-bond acceptors (Lipinski definition) is 7. The van der Waals surface area contributed by atoms with Gasteiger partial charge >= 0.3 is 0 Å². The Morgan fingerprint density at radius 1 is 1.50 bits per heavy atom. The number of nitrogens with two attached hydrogens (primary N) is 1. The summed E-state index contributed by atoms with van der Waals surface area (Å²) in [7, 11) is 0. The van der Waals surface area contributed by atoms with Gasteiger partial charge in [0.05, 0.1) is 17.1 Å². The lowest BCUT2D eigenvalue weighted by atomic mass is 10.4. The molecule has 0 atom stereocenters. The van der Waals surface area contributed by atoms with E-state index in [0.29, 0.717) is 0 Å². The van der Waals surface area contributed by atoms with Gasteiger partial charge in [0, 0.05) is 0 Å². The molecule has 2 aromatic heterocycles. The van der Waals surface area contributed by atoms with Crippen molar-refractivity contribution in [2.75, 3.05) is 5.43 Å². The SMILES string of the molecule is NNc1cc([N+](=O)[O-])cc(-n2cncn2)n1. The van der Waals surface area contributed by atoms with Gasteiger partial charge in [-0.3, -0.25) is 10.1 Å². The highest BCUT2D eigenvalue weighted by atomic mass is 16.6. The first kappa shape index (κ1) is 9.98. The molecular formula is C7H7N7O2. The second kappa shape index (κ2) is 3.90. The summed E-state index contributed by atoms with van der Waals surface area (Å²) >= 11 is 0. The molecule has 9 nitrogen and oxygen atoms in total. The van der Waals surface area contributed by atoms with Gasteiger partial charge in [-0.25, -0.2) is 20.5 Å². The Balaban J connectivity index is 2.53. The monoisotopic (exact) mass is 221 g/mol. The van der Waals surface area contributed by atoms with Crippen molar-refractivity contribution >= 4 is 11.5 Å². The van der Waals surface area contributed by atoms with Gasteiger partial charge in [0.15, 0.2) is 5.82 Å². The van der Waals surface area contributed by atoms with Crippen LogP contribution in [0.5, 0.6) is 0 Å². The van der Waals surface area contributed by atoms with Gasteiger partial charge in [-0.2, -0.15) is 5.10 Å². The molecule has 0 radical (unpaired) electrons. The number of nitrogens with zero attached hydrogens (tertiary/aromatic N) is 5. The van der Waals surface area contributed by atoms with Crippen molar-refractivity contribution < 1.29 is 4.92 Å². The van der Waals surface area contributed by atoms with E-state index in [2.05, 4.69) is 20.5 Å². The quantitative estimate of drug-likeness (QED) is 0.419. The number of hydrogen-bond donors (Lipinski definition) is 2. The first-order valence-electron chi connectivity index (χ1n) is 4.19. The third-order valence-electron chi connectivity index (χ3n) is 1.81. The molecule has 2 heterocycles. The molecule has 2 rings (SSSR count). The number of anilines is 1. The maximum Gasteiger partial charge on any atom is 0.276 e. The number of hydrazine groups is 1. The predicted molar refractivity (Wildman–Crippen MR) is 53.6 cm³/mol. The van der Waals surface area contributed by atoms with Gasteiger partial charge in [-0.1, -0.05) is 0 Å². The lowest BCUT2D eigenvalue weighted by Crippen LogP contribution is -2.11. The second-order valence-corrected chi connectivity index (χ2v) is 2.81. The predicted octanol–water partition coefficient (Wildman–Crippen LogP) is -0.144. The molecule has 0 aromatic carbocycles. The minimum absolute atomic E-state index is 0.131. The van der Waals surface area contributed by atoms with Crippen molar-refractivity contribution in [3.8, 4) is 5.82 Å². The van der Waals surface area contributed by atoms with Crippen LogP contribution in [0.1, 0.15) is 0 Å². The van der Waals surface area contributed by atoms with Crippen LogP contribution in [-0.4, -0.2) is 24.7 Å². The fraction of sp³-hybridized carbons (Fsp3) is 0. The van der Waals surface area contributed by atoms with Crippen LogP contribution >= 0.6 is 0 Å². The molecule has 0 aliphatic rings. The average molecular weight is 221 g/mol. The molecular weight excluding hydrogens is 214 g/mol. The van der Waals surface area contributed by atoms with Gasteiger partial charge in [0.25, 0.3) is 5.69 Å². The van der Waals surface area contributed by atoms with Crippen LogP contribution in [0.2, 0.25) is 0 Å². The van der Waals surface area contributed by atoms with Crippen LogP contribution in [0.3, 0.4) is 0 Å². The van der Waals surface area contributed by atoms with Crippen LogP contribution < -0.4 is 11.3 Å². The maximum atomic E-state index is 10.7. The van der Waals surface area contributed by atoms with Gasteiger partial charge in [0.2, 0.25) is 0 Å². The summed E-state index contributed by atoms with van der Waals surface area (Å²) in [5.74, 6) is 5.60. The van der Waals surface area contributed by atoms with Crippen molar-refractivity contribution in [1.29, 1.82) is 0 Å². The molecule has 0 unspecified atom stereocenters. The molecule has 0 amide bonds. The van der Waals surface area contributed by atoms with Crippen molar-refractivity contribution in [1.82, 2.24) is 19.7 Å². The van der Waals surface area contributed by atoms with Gasteiger partial charge in [-0.15, -0.1) is 0 Å². The summed E-state index contributed by atoms with van der Waals surface area (Å²) in [6, 6.07) is 2.50. The van der Waals surface area contributed by atoms with Gasteiger partial charge in [-0.05, 0) is 0 Å². The van der Waals surface area contributed by atoms with Gasteiger partial charge in [0.1, 0.15) is 18.5 Å². The van der Waals surface area contributed by atoms with Crippen molar-refractivity contribution in [2.24, 2.45) is 5.84 Å². The van der Waals surface area contributed by atoms with Crippen molar-refractivity contribution in [3.63, 3.8) is 0 Å². The van der Waals surface area contributed by atoms with E-state index in [1.165, 1.54) is 29.5 Å². The summed E-state index contributed by atoms with van der Waals surface area (Å²) in [5.41, 5.74) is 2.12. The molecule has 0 aliphatic heterocycles. The molecule has 2 aromatic rings. The first-order valence-corrected chi connectivity index (χ1v) is 4.19. The molecule has 82 valence electrons. The number of nitrogens with one attached hydrogen (secondary N) is 1.